The zero-order valence-electron chi connectivity index (χ0n) is 16.4. The van der Waals surface area contributed by atoms with Crippen molar-refractivity contribution >= 4 is 11.6 Å². The molecule has 0 unspecified atom stereocenters. The number of amides is 1. The van der Waals surface area contributed by atoms with E-state index in [-0.39, 0.29) is 11.3 Å². The molecular weight excluding hydrogens is 324 g/mol. The van der Waals surface area contributed by atoms with Gasteiger partial charge in [-0.3, -0.25) is 4.79 Å². The number of rotatable bonds is 7. The number of benzene rings is 1. The fraction of sp³-hybridized carbons (Fsp3) is 0.682. The molecule has 144 valence electrons. The van der Waals surface area contributed by atoms with Gasteiger partial charge in [-0.1, -0.05) is 26.7 Å². The van der Waals surface area contributed by atoms with E-state index in [1.165, 1.54) is 25.9 Å². The van der Waals surface area contributed by atoms with Crippen molar-refractivity contribution < 1.29 is 9.53 Å². The van der Waals surface area contributed by atoms with Gasteiger partial charge in [-0.2, -0.15) is 0 Å². The smallest absolute Gasteiger partial charge is 0.230 e. The molecule has 1 aliphatic carbocycles. The number of hydrogen-bond donors (Lipinski definition) is 1. The summed E-state index contributed by atoms with van der Waals surface area (Å²) in [7, 11) is 0. The Balaban J connectivity index is 1.38. The molecule has 1 saturated carbocycles. The molecule has 0 bridgehead atoms. The van der Waals surface area contributed by atoms with Crippen LogP contribution in [0.25, 0.3) is 0 Å². The quantitative estimate of drug-likeness (QED) is 0.718. The van der Waals surface area contributed by atoms with Crippen molar-refractivity contribution in [3.05, 3.63) is 24.3 Å². The van der Waals surface area contributed by atoms with E-state index in [1.54, 1.807) is 0 Å². The molecule has 1 N–H and O–H groups in total. The number of carbonyl (C=O) groups is 1. The van der Waals surface area contributed by atoms with Gasteiger partial charge >= 0.3 is 0 Å². The maximum Gasteiger partial charge on any atom is 0.230 e. The Bertz CT molecular complexity index is 578. The summed E-state index contributed by atoms with van der Waals surface area (Å²) in [5.41, 5.74) is 0.666. The number of ether oxygens (including phenoxy) is 1. The van der Waals surface area contributed by atoms with Crippen molar-refractivity contribution in [3.8, 4) is 5.75 Å². The highest BCUT2D eigenvalue weighted by molar-refractivity contribution is 5.95. The molecule has 4 heteroatoms. The fourth-order valence-corrected chi connectivity index (χ4v) is 4.27. The highest BCUT2D eigenvalue weighted by atomic mass is 16.5. The number of hydrogen-bond acceptors (Lipinski definition) is 3. The van der Waals surface area contributed by atoms with Crippen LogP contribution in [0.3, 0.4) is 0 Å². The SMILES string of the molecule is C[C@H]1CCCN(CCCOc2ccc(NC(=O)C3(C)CCCC3)cc2)C1. The predicted octanol–water partition coefficient (Wildman–Crippen LogP) is 4.71. The Morgan fingerprint density at radius 2 is 1.96 bits per heavy atom. The van der Waals surface area contributed by atoms with Gasteiger partial charge < -0.3 is 15.0 Å². The van der Waals surface area contributed by atoms with Crippen LogP contribution in [0.15, 0.2) is 24.3 Å². The van der Waals surface area contributed by atoms with Gasteiger partial charge in [0.1, 0.15) is 5.75 Å². The number of anilines is 1. The van der Waals surface area contributed by atoms with E-state index >= 15 is 0 Å². The van der Waals surface area contributed by atoms with E-state index in [0.29, 0.717) is 0 Å². The second-order valence-corrected chi connectivity index (χ2v) is 8.50. The molecule has 1 amide bonds. The zero-order valence-corrected chi connectivity index (χ0v) is 16.4. The molecule has 1 atom stereocenters. The highest BCUT2D eigenvalue weighted by Crippen LogP contribution is 2.38. The van der Waals surface area contributed by atoms with Gasteiger partial charge in [0.25, 0.3) is 0 Å². The molecule has 1 heterocycles. The molecule has 0 aromatic heterocycles. The molecule has 1 aromatic rings. The summed E-state index contributed by atoms with van der Waals surface area (Å²) >= 11 is 0. The second kappa shape index (κ2) is 8.90. The van der Waals surface area contributed by atoms with Crippen molar-refractivity contribution in [3.63, 3.8) is 0 Å². The molecule has 2 fully saturated rings. The Morgan fingerprint density at radius 3 is 2.65 bits per heavy atom. The van der Waals surface area contributed by atoms with Gasteiger partial charge in [0.05, 0.1) is 6.61 Å². The minimum Gasteiger partial charge on any atom is -0.494 e. The van der Waals surface area contributed by atoms with Crippen molar-refractivity contribution in [2.75, 3.05) is 31.6 Å². The number of piperidine rings is 1. The number of carbonyl (C=O) groups excluding carboxylic acids is 1. The van der Waals surface area contributed by atoms with Crippen molar-refractivity contribution in [1.29, 1.82) is 0 Å². The first kappa shape index (κ1) is 19.2. The van der Waals surface area contributed by atoms with Crippen LogP contribution >= 0.6 is 0 Å². The second-order valence-electron chi connectivity index (χ2n) is 8.50. The number of nitrogens with zero attached hydrogens (tertiary/aromatic N) is 1. The first-order valence-electron chi connectivity index (χ1n) is 10.3. The van der Waals surface area contributed by atoms with Crippen LogP contribution < -0.4 is 10.1 Å². The van der Waals surface area contributed by atoms with E-state index in [9.17, 15) is 4.79 Å². The van der Waals surface area contributed by atoms with E-state index in [4.69, 9.17) is 4.74 Å². The first-order chi connectivity index (χ1) is 12.5. The van der Waals surface area contributed by atoms with Gasteiger partial charge in [0.15, 0.2) is 0 Å². The summed E-state index contributed by atoms with van der Waals surface area (Å²) < 4.78 is 5.86. The summed E-state index contributed by atoms with van der Waals surface area (Å²) in [5.74, 6) is 1.86. The van der Waals surface area contributed by atoms with Crippen LogP contribution in [0, 0.1) is 11.3 Å². The maximum atomic E-state index is 12.5. The average molecular weight is 359 g/mol. The number of likely N-dealkylation sites (tertiary alicyclic amines) is 1. The van der Waals surface area contributed by atoms with Crippen LogP contribution in [0.5, 0.6) is 5.75 Å². The Morgan fingerprint density at radius 1 is 1.23 bits per heavy atom. The van der Waals surface area contributed by atoms with Crippen LogP contribution in [0.1, 0.15) is 58.8 Å². The predicted molar refractivity (Wildman–Crippen MR) is 107 cm³/mol. The van der Waals surface area contributed by atoms with Gasteiger partial charge in [-0.25, -0.2) is 0 Å². The Hall–Kier alpha value is -1.55. The molecule has 2 aliphatic rings. The molecule has 1 aliphatic heterocycles. The largest absolute Gasteiger partial charge is 0.494 e. The van der Waals surface area contributed by atoms with Crippen molar-refractivity contribution in [2.24, 2.45) is 11.3 Å². The summed E-state index contributed by atoms with van der Waals surface area (Å²) in [6.07, 6.45) is 8.07. The van der Waals surface area contributed by atoms with Gasteiger partial charge in [-0.05, 0) is 68.8 Å². The Labute approximate surface area is 158 Å². The topological polar surface area (TPSA) is 41.6 Å². The number of nitrogens with one attached hydrogen (secondary N) is 1. The lowest BCUT2D eigenvalue weighted by Gasteiger charge is -2.30. The molecule has 3 rings (SSSR count). The molecule has 1 saturated heterocycles. The highest BCUT2D eigenvalue weighted by Gasteiger charge is 2.36. The molecule has 1 aromatic carbocycles. The zero-order chi connectivity index (χ0) is 18.4. The fourth-order valence-electron chi connectivity index (χ4n) is 4.27. The molecule has 26 heavy (non-hydrogen) atoms. The average Bonchev–Trinajstić information content (AvgIpc) is 3.08. The third kappa shape index (κ3) is 5.23. The molecule has 4 nitrogen and oxygen atoms in total. The lowest BCUT2D eigenvalue weighted by molar-refractivity contribution is -0.124. The first-order valence-corrected chi connectivity index (χ1v) is 10.3. The summed E-state index contributed by atoms with van der Waals surface area (Å²) in [6, 6.07) is 7.79. The van der Waals surface area contributed by atoms with E-state index in [2.05, 4.69) is 24.1 Å². The maximum absolute atomic E-state index is 12.5. The van der Waals surface area contributed by atoms with Crippen molar-refractivity contribution in [1.82, 2.24) is 4.90 Å². The standard InChI is InChI=1S/C22H34N2O2/c1-18-7-5-14-24(17-18)15-6-16-26-20-10-8-19(9-11-20)23-21(25)22(2)12-3-4-13-22/h8-11,18H,3-7,12-17H2,1-2H3,(H,23,25)/t18-/m0/s1. The lowest BCUT2D eigenvalue weighted by atomic mass is 9.88. The minimum absolute atomic E-state index is 0.152. The van der Waals surface area contributed by atoms with E-state index in [0.717, 1.165) is 62.6 Å². The third-order valence-corrected chi connectivity index (χ3v) is 6.00. The third-order valence-electron chi connectivity index (χ3n) is 6.00. The van der Waals surface area contributed by atoms with Gasteiger partial charge in [0.2, 0.25) is 5.91 Å². The summed E-state index contributed by atoms with van der Waals surface area (Å²) in [5, 5.41) is 3.06. The normalized spacial score (nSPS) is 22.9. The van der Waals surface area contributed by atoms with Gasteiger partial charge in [0, 0.05) is 24.2 Å². The van der Waals surface area contributed by atoms with Crippen LogP contribution in [0.2, 0.25) is 0 Å². The lowest BCUT2D eigenvalue weighted by Crippen LogP contribution is -2.35. The molecule has 0 radical (unpaired) electrons. The Kier molecular flexibility index (Phi) is 6.58. The summed E-state index contributed by atoms with van der Waals surface area (Å²) in [6.45, 7) is 8.75. The minimum atomic E-state index is -0.193. The van der Waals surface area contributed by atoms with Crippen LogP contribution in [0.4, 0.5) is 5.69 Å². The van der Waals surface area contributed by atoms with Crippen LogP contribution in [-0.2, 0) is 4.79 Å². The molecular formula is C22H34N2O2. The van der Waals surface area contributed by atoms with Crippen molar-refractivity contribution in [2.45, 2.75) is 58.8 Å². The van der Waals surface area contributed by atoms with E-state index < -0.39 is 0 Å². The van der Waals surface area contributed by atoms with Crippen LogP contribution in [-0.4, -0.2) is 37.0 Å². The monoisotopic (exact) mass is 358 g/mol. The molecule has 0 spiro atoms. The summed E-state index contributed by atoms with van der Waals surface area (Å²) in [4.78, 5) is 15.0. The van der Waals surface area contributed by atoms with E-state index in [1.807, 2.05) is 24.3 Å². The van der Waals surface area contributed by atoms with Gasteiger partial charge in [-0.15, -0.1) is 0 Å².